The van der Waals surface area contributed by atoms with E-state index in [9.17, 15) is 15.0 Å². The molecule has 0 radical (unpaired) electrons. The molecule has 3 rings (SSSR count). The van der Waals surface area contributed by atoms with E-state index in [4.69, 9.17) is 4.74 Å². The van der Waals surface area contributed by atoms with Crippen molar-refractivity contribution in [3.05, 3.63) is 51.7 Å². The molecule has 1 aliphatic heterocycles. The van der Waals surface area contributed by atoms with Gasteiger partial charge in [-0.25, -0.2) is 0 Å². The molecule has 1 aromatic heterocycles. The molecule has 0 saturated carbocycles. The smallest absolute Gasteiger partial charge is 0.193 e. The summed E-state index contributed by atoms with van der Waals surface area (Å²) in [6, 6.07) is 4.95. The molecule has 0 bridgehead atoms. The highest BCUT2D eigenvalue weighted by molar-refractivity contribution is 7.10. The highest BCUT2D eigenvalue weighted by Crippen LogP contribution is 2.43. The first kappa shape index (κ1) is 15.4. The molecule has 0 amide bonds. The normalized spacial score (nSPS) is 15.4. The Hall–Kier alpha value is -2.53. The van der Waals surface area contributed by atoms with Crippen molar-refractivity contribution >= 4 is 29.3 Å². The van der Waals surface area contributed by atoms with Crippen LogP contribution in [0.4, 0.5) is 0 Å². The molecule has 1 aromatic carbocycles. The molecule has 5 heteroatoms. The molecule has 0 atom stereocenters. The highest BCUT2D eigenvalue weighted by Gasteiger charge is 2.29. The highest BCUT2D eigenvalue weighted by atomic mass is 32.1. The molecular weight excluding hydrogens is 312 g/mol. The number of thiophene rings is 1. The van der Waals surface area contributed by atoms with E-state index in [1.54, 1.807) is 18.2 Å². The lowest BCUT2D eigenvalue weighted by Crippen LogP contribution is -2.28. The van der Waals surface area contributed by atoms with Crippen molar-refractivity contribution in [2.24, 2.45) is 0 Å². The van der Waals surface area contributed by atoms with Gasteiger partial charge in [-0.1, -0.05) is 6.07 Å². The fourth-order valence-electron chi connectivity index (χ4n) is 2.36. The number of fused-ring (bicyclic) bond motifs is 1. The molecule has 2 heterocycles. The number of carbonyl (C=O) groups excluding carboxylic acids is 1. The first-order valence-corrected chi connectivity index (χ1v) is 7.98. The van der Waals surface area contributed by atoms with Crippen molar-refractivity contribution in [1.82, 2.24) is 0 Å². The van der Waals surface area contributed by atoms with E-state index < -0.39 is 5.60 Å². The first-order chi connectivity index (χ1) is 10.9. The van der Waals surface area contributed by atoms with Gasteiger partial charge in [0.05, 0.1) is 5.56 Å². The maximum absolute atomic E-state index is 12.5. The number of phenols is 2. The van der Waals surface area contributed by atoms with Crippen LogP contribution in [0.3, 0.4) is 0 Å². The van der Waals surface area contributed by atoms with Crippen molar-refractivity contribution < 1.29 is 19.7 Å². The van der Waals surface area contributed by atoms with Crippen LogP contribution < -0.4 is 4.74 Å². The number of ether oxygens (including phenoxy) is 1. The van der Waals surface area contributed by atoms with Gasteiger partial charge in [-0.3, -0.25) is 4.79 Å². The van der Waals surface area contributed by atoms with Crippen molar-refractivity contribution in [1.29, 1.82) is 0 Å². The number of hydrogen-bond donors (Lipinski definition) is 2. The zero-order chi connectivity index (χ0) is 16.6. The number of phenolic OH excluding ortho intramolecular Hbond substituents is 2. The predicted molar refractivity (Wildman–Crippen MR) is 91.2 cm³/mol. The molecule has 118 valence electrons. The summed E-state index contributed by atoms with van der Waals surface area (Å²) < 4.78 is 5.81. The van der Waals surface area contributed by atoms with Crippen LogP contribution in [0.2, 0.25) is 0 Å². The molecule has 0 saturated heterocycles. The van der Waals surface area contributed by atoms with Crippen molar-refractivity contribution in [3.63, 3.8) is 0 Å². The minimum atomic E-state index is -0.625. The van der Waals surface area contributed by atoms with Gasteiger partial charge >= 0.3 is 0 Å². The van der Waals surface area contributed by atoms with E-state index in [0.717, 1.165) is 10.9 Å². The van der Waals surface area contributed by atoms with Gasteiger partial charge < -0.3 is 14.9 Å². The molecule has 23 heavy (non-hydrogen) atoms. The van der Waals surface area contributed by atoms with E-state index >= 15 is 0 Å². The first-order valence-electron chi connectivity index (χ1n) is 7.10. The molecule has 4 nitrogen and oxygen atoms in total. The van der Waals surface area contributed by atoms with Crippen LogP contribution in [0.5, 0.6) is 17.2 Å². The summed E-state index contributed by atoms with van der Waals surface area (Å²) >= 11 is 1.51. The predicted octanol–water partition coefficient (Wildman–Crippen LogP) is 4.24. The van der Waals surface area contributed by atoms with Crippen LogP contribution in [0.25, 0.3) is 12.2 Å². The number of allylic oxidation sites excluding steroid dienone is 1. The van der Waals surface area contributed by atoms with Crippen LogP contribution in [-0.2, 0) is 0 Å². The summed E-state index contributed by atoms with van der Waals surface area (Å²) in [5.41, 5.74) is -0.169. The Kier molecular flexibility index (Phi) is 3.74. The van der Waals surface area contributed by atoms with Crippen LogP contribution >= 0.6 is 11.3 Å². The minimum Gasteiger partial charge on any atom is -0.507 e. The molecule has 2 N–H and O–H groups in total. The van der Waals surface area contributed by atoms with Crippen molar-refractivity contribution in [2.75, 3.05) is 0 Å². The quantitative estimate of drug-likeness (QED) is 0.653. The molecule has 0 spiro atoms. The summed E-state index contributed by atoms with van der Waals surface area (Å²) in [4.78, 5) is 13.5. The number of hydrogen-bond acceptors (Lipinski definition) is 5. The van der Waals surface area contributed by atoms with Gasteiger partial charge in [-0.05, 0) is 49.6 Å². The number of carbonyl (C=O) groups is 1. The SMILES string of the molecule is CC1(C)C=Cc2c(O)cc(O)c(C(=O)/C=C/c3cccs3)c2O1. The van der Waals surface area contributed by atoms with Gasteiger partial charge in [0.15, 0.2) is 5.78 Å². The van der Waals surface area contributed by atoms with Crippen LogP contribution in [0.15, 0.2) is 35.7 Å². The largest absolute Gasteiger partial charge is 0.507 e. The number of benzene rings is 1. The zero-order valence-corrected chi connectivity index (χ0v) is 13.6. The second-order valence-electron chi connectivity index (χ2n) is 5.78. The molecule has 1 aliphatic rings. The summed E-state index contributed by atoms with van der Waals surface area (Å²) in [5, 5.41) is 22.0. The number of rotatable bonds is 3. The summed E-state index contributed by atoms with van der Waals surface area (Å²) in [6.07, 6.45) is 6.58. The van der Waals surface area contributed by atoms with Crippen LogP contribution in [-0.4, -0.2) is 21.6 Å². The summed E-state index contributed by atoms with van der Waals surface area (Å²) in [6.45, 7) is 3.67. The van der Waals surface area contributed by atoms with Gasteiger partial charge in [0.25, 0.3) is 0 Å². The Morgan fingerprint density at radius 2 is 2.09 bits per heavy atom. The Morgan fingerprint density at radius 1 is 1.30 bits per heavy atom. The fraction of sp³-hybridized carbons (Fsp3) is 0.167. The molecular formula is C18H16O4S. The lowest BCUT2D eigenvalue weighted by atomic mass is 9.96. The van der Waals surface area contributed by atoms with E-state index in [-0.39, 0.29) is 28.6 Å². The van der Waals surface area contributed by atoms with E-state index in [1.807, 2.05) is 31.4 Å². The average Bonchev–Trinajstić information content (AvgIpc) is 2.96. The Labute approximate surface area is 138 Å². The maximum Gasteiger partial charge on any atom is 0.193 e. The number of aromatic hydroxyl groups is 2. The third-order valence-electron chi connectivity index (χ3n) is 3.48. The van der Waals surface area contributed by atoms with Gasteiger partial charge in [0.1, 0.15) is 28.4 Å². The Balaban J connectivity index is 2.06. The second-order valence-corrected chi connectivity index (χ2v) is 6.76. The number of ketones is 1. The lowest BCUT2D eigenvalue weighted by Gasteiger charge is -2.29. The van der Waals surface area contributed by atoms with E-state index in [0.29, 0.717) is 5.56 Å². The topological polar surface area (TPSA) is 66.8 Å². The fourth-order valence-corrected chi connectivity index (χ4v) is 2.98. The standard InChI is InChI=1S/C18H16O4S/c1-18(2)8-7-12-14(20)10-15(21)16(17(12)22-18)13(19)6-5-11-4-3-9-23-11/h3-10,20-21H,1-2H3/b6-5+. The maximum atomic E-state index is 12.5. The minimum absolute atomic E-state index is 0.0584. The van der Waals surface area contributed by atoms with Gasteiger partial charge in [0, 0.05) is 10.9 Å². The summed E-state index contributed by atoms with van der Waals surface area (Å²) in [7, 11) is 0. The van der Waals surface area contributed by atoms with Crippen molar-refractivity contribution in [2.45, 2.75) is 19.4 Å². The zero-order valence-electron chi connectivity index (χ0n) is 12.7. The van der Waals surface area contributed by atoms with E-state index in [1.165, 1.54) is 17.4 Å². The Morgan fingerprint density at radius 3 is 2.78 bits per heavy atom. The monoisotopic (exact) mass is 328 g/mol. The van der Waals surface area contributed by atoms with Crippen molar-refractivity contribution in [3.8, 4) is 17.2 Å². The van der Waals surface area contributed by atoms with Gasteiger partial charge in [0.2, 0.25) is 0 Å². The average molecular weight is 328 g/mol. The Bertz CT molecular complexity index is 814. The van der Waals surface area contributed by atoms with Crippen LogP contribution in [0.1, 0.15) is 34.6 Å². The summed E-state index contributed by atoms with van der Waals surface area (Å²) in [5.74, 6) is -0.592. The third-order valence-corrected chi connectivity index (χ3v) is 4.32. The molecule has 2 aromatic rings. The molecule has 0 unspecified atom stereocenters. The lowest BCUT2D eigenvalue weighted by molar-refractivity contribution is 0.103. The third kappa shape index (κ3) is 3.00. The molecule has 0 aliphatic carbocycles. The van der Waals surface area contributed by atoms with Gasteiger partial charge in [-0.2, -0.15) is 0 Å². The van der Waals surface area contributed by atoms with Gasteiger partial charge in [-0.15, -0.1) is 11.3 Å². The second kappa shape index (κ2) is 5.59. The molecule has 0 fully saturated rings. The van der Waals surface area contributed by atoms with Crippen LogP contribution in [0, 0.1) is 0 Å². The van der Waals surface area contributed by atoms with E-state index in [2.05, 4.69) is 0 Å².